The topological polar surface area (TPSA) is 105 Å². The lowest BCUT2D eigenvalue weighted by atomic mass is 9.92. The standard InChI is InChI=1S/C32H43N3O6/c1-32(2,3)41-31(39)34(23-14-16-24(40-4)17-15-23)20-9-7-5-6-8-11-22-12-10-13-25-26(22)21-35(30(25)38)27-18-19-28(36)33-29(27)37/h10,12-13,23-24,27H,5-7,9,14-21H2,1-4H3,(H,33,36,37). The number of nitrogens with one attached hydrogen (secondary N) is 1. The highest BCUT2D eigenvalue weighted by Crippen LogP contribution is 2.30. The SMILES string of the molecule is COC1CCC(N(CCCCCC#Cc2cccc3c2CN(C2CCC(=O)NC2=O)C3=O)C(=O)OC(C)(C)C)CC1. The number of ether oxygens (including phenoxy) is 2. The molecule has 0 radical (unpaired) electrons. The van der Waals surface area contributed by atoms with Crippen LogP contribution in [0, 0.1) is 11.8 Å². The van der Waals surface area contributed by atoms with Crippen LogP contribution in [-0.2, 0) is 25.6 Å². The molecule has 1 saturated carbocycles. The van der Waals surface area contributed by atoms with Crippen molar-refractivity contribution in [2.75, 3.05) is 13.7 Å². The first-order valence-corrected chi connectivity index (χ1v) is 14.8. The number of hydrogen-bond acceptors (Lipinski definition) is 6. The first-order chi connectivity index (χ1) is 19.6. The van der Waals surface area contributed by atoms with Gasteiger partial charge in [0.25, 0.3) is 5.91 Å². The summed E-state index contributed by atoms with van der Waals surface area (Å²) < 4.78 is 11.2. The van der Waals surface area contributed by atoms with Gasteiger partial charge in [-0.1, -0.05) is 24.3 Å². The van der Waals surface area contributed by atoms with Crippen LogP contribution >= 0.6 is 0 Å². The van der Waals surface area contributed by atoms with Gasteiger partial charge < -0.3 is 19.3 Å². The summed E-state index contributed by atoms with van der Waals surface area (Å²) in [5, 5.41) is 2.34. The first kappa shape index (κ1) is 30.6. The number of fused-ring (bicyclic) bond motifs is 1. The van der Waals surface area contributed by atoms with Crippen LogP contribution in [0.1, 0.15) is 106 Å². The largest absolute Gasteiger partial charge is 0.444 e. The zero-order valence-electron chi connectivity index (χ0n) is 24.8. The van der Waals surface area contributed by atoms with Crippen molar-refractivity contribution in [1.29, 1.82) is 0 Å². The summed E-state index contributed by atoms with van der Waals surface area (Å²) in [6.45, 7) is 6.67. The Balaban J connectivity index is 1.28. The molecule has 9 heteroatoms. The van der Waals surface area contributed by atoms with E-state index in [-0.39, 0.29) is 36.5 Å². The molecule has 4 amide bonds. The second kappa shape index (κ2) is 13.5. The van der Waals surface area contributed by atoms with Crippen LogP contribution in [0.2, 0.25) is 0 Å². The molecule has 1 saturated heterocycles. The van der Waals surface area contributed by atoms with Crippen molar-refractivity contribution >= 4 is 23.8 Å². The average Bonchev–Trinajstić information content (AvgIpc) is 3.26. The molecule has 1 atom stereocenters. The van der Waals surface area contributed by atoms with E-state index in [1.54, 1.807) is 18.1 Å². The molecule has 1 unspecified atom stereocenters. The first-order valence-electron chi connectivity index (χ1n) is 14.8. The van der Waals surface area contributed by atoms with E-state index in [9.17, 15) is 19.2 Å². The molecule has 222 valence electrons. The molecule has 2 heterocycles. The number of unbranched alkanes of at least 4 members (excludes halogenated alkanes) is 3. The minimum Gasteiger partial charge on any atom is -0.444 e. The summed E-state index contributed by atoms with van der Waals surface area (Å²) in [6, 6.07) is 5.04. The summed E-state index contributed by atoms with van der Waals surface area (Å²) in [6.07, 6.45) is 7.79. The number of nitrogens with zero attached hydrogens (tertiary/aromatic N) is 2. The van der Waals surface area contributed by atoms with Crippen LogP contribution in [0.5, 0.6) is 0 Å². The van der Waals surface area contributed by atoms with Gasteiger partial charge in [0, 0.05) is 50.2 Å². The highest BCUT2D eigenvalue weighted by atomic mass is 16.6. The van der Waals surface area contributed by atoms with Crippen molar-refractivity contribution in [3.63, 3.8) is 0 Å². The van der Waals surface area contributed by atoms with Gasteiger partial charge in [0.1, 0.15) is 11.6 Å². The van der Waals surface area contributed by atoms with Gasteiger partial charge in [-0.3, -0.25) is 19.7 Å². The van der Waals surface area contributed by atoms with Gasteiger partial charge in [0.2, 0.25) is 11.8 Å². The smallest absolute Gasteiger partial charge is 0.410 e. The fraction of sp³-hybridized carbons (Fsp3) is 0.625. The van der Waals surface area contributed by atoms with Gasteiger partial charge >= 0.3 is 6.09 Å². The van der Waals surface area contributed by atoms with E-state index in [1.165, 1.54) is 0 Å². The average molecular weight is 566 g/mol. The summed E-state index contributed by atoms with van der Waals surface area (Å²) in [5.74, 6) is 5.58. The number of piperidine rings is 1. The van der Waals surface area contributed by atoms with Crippen LogP contribution in [0.25, 0.3) is 0 Å². The van der Waals surface area contributed by atoms with Crippen molar-refractivity contribution in [3.05, 3.63) is 34.9 Å². The van der Waals surface area contributed by atoms with Crippen LogP contribution in [-0.4, -0.2) is 71.1 Å². The maximum Gasteiger partial charge on any atom is 0.410 e. The number of amides is 4. The third-order valence-electron chi connectivity index (χ3n) is 8.05. The van der Waals surface area contributed by atoms with Gasteiger partial charge in [-0.15, -0.1) is 0 Å². The maximum atomic E-state index is 13.0. The van der Waals surface area contributed by atoms with Gasteiger partial charge in [-0.25, -0.2) is 4.79 Å². The number of carbonyl (C=O) groups is 4. The summed E-state index contributed by atoms with van der Waals surface area (Å²) in [5.41, 5.74) is 1.68. The van der Waals surface area contributed by atoms with Crippen LogP contribution < -0.4 is 5.32 Å². The van der Waals surface area contributed by atoms with E-state index in [0.717, 1.165) is 56.1 Å². The molecule has 1 aromatic carbocycles. The fourth-order valence-corrected chi connectivity index (χ4v) is 5.87. The Morgan fingerprint density at radius 3 is 2.51 bits per heavy atom. The number of benzene rings is 1. The molecule has 4 rings (SSSR count). The third kappa shape index (κ3) is 7.88. The minimum absolute atomic E-state index is 0.179. The number of rotatable bonds is 8. The molecule has 0 spiro atoms. The molecule has 0 aromatic heterocycles. The number of hydrogen-bond donors (Lipinski definition) is 1. The Hall–Kier alpha value is -3.38. The molecule has 41 heavy (non-hydrogen) atoms. The highest BCUT2D eigenvalue weighted by Gasteiger charge is 2.39. The molecular formula is C32H43N3O6. The Kier molecular flexibility index (Phi) is 10.1. The molecule has 1 aliphatic carbocycles. The van der Waals surface area contributed by atoms with Crippen LogP contribution in [0.4, 0.5) is 4.79 Å². The molecule has 0 bridgehead atoms. The molecule has 1 N–H and O–H groups in total. The fourth-order valence-electron chi connectivity index (χ4n) is 5.87. The maximum absolute atomic E-state index is 13.0. The Bertz CT molecular complexity index is 1200. The normalized spacial score (nSPS) is 22.5. The van der Waals surface area contributed by atoms with Gasteiger partial charge in [0.15, 0.2) is 0 Å². The summed E-state index contributed by atoms with van der Waals surface area (Å²) >= 11 is 0. The number of carbonyl (C=O) groups excluding carboxylic acids is 4. The Morgan fingerprint density at radius 2 is 1.83 bits per heavy atom. The van der Waals surface area contributed by atoms with Crippen LogP contribution in [0.3, 0.4) is 0 Å². The molecule has 9 nitrogen and oxygen atoms in total. The van der Waals surface area contributed by atoms with Gasteiger partial charge in [-0.2, -0.15) is 0 Å². The van der Waals surface area contributed by atoms with E-state index in [2.05, 4.69) is 17.2 Å². The molecule has 2 aliphatic heterocycles. The second-order valence-electron chi connectivity index (χ2n) is 12.2. The molecule has 1 aromatic rings. The van der Waals surface area contributed by atoms with E-state index in [0.29, 0.717) is 31.5 Å². The van der Waals surface area contributed by atoms with E-state index >= 15 is 0 Å². The predicted octanol–water partition coefficient (Wildman–Crippen LogP) is 4.55. The lowest BCUT2D eigenvalue weighted by Crippen LogP contribution is -2.52. The summed E-state index contributed by atoms with van der Waals surface area (Å²) in [4.78, 5) is 53.3. The highest BCUT2D eigenvalue weighted by molar-refractivity contribution is 6.05. The van der Waals surface area contributed by atoms with Crippen LogP contribution in [0.15, 0.2) is 18.2 Å². The Labute approximate surface area is 243 Å². The van der Waals surface area contributed by atoms with Crippen molar-refractivity contribution < 1.29 is 28.7 Å². The molecule has 2 fully saturated rings. The van der Waals surface area contributed by atoms with Crippen molar-refractivity contribution in [2.45, 2.75) is 115 Å². The monoisotopic (exact) mass is 565 g/mol. The third-order valence-corrected chi connectivity index (χ3v) is 8.05. The van der Waals surface area contributed by atoms with Gasteiger partial charge in [0.05, 0.1) is 6.10 Å². The quantitative estimate of drug-likeness (QED) is 0.282. The van der Waals surface area contributed by atoms with Gasteiger partial charge in [-0.05, 0) is 83.4 Å². The zero-order chi connectivity index (χ0) is 29.6. The van der Waals surface area contributed by atoms with E-state index in [4.69, 9.17) is 9.47 Å². The number of methoxy groups -OCH3 is 1. The van der Waals surface area contributed by atoms with Crippen molar-refractivity contribution in [2.24, 2.45) is 0 Å². The van der Waals surface area contributed by atoms with Crippen molar-refractivity contribution in [1.82, 2.24) is 15.1 Å². The molecular weight excluding hydrogens is 522 g/mol. The Morgan fingerprint density at radius 1 is 1.07 bits per heavy atom. The predicted molar refractivity (Wildman–Crippen MR) is 154 cm³/mol. The lowest BCUT2D eigenvalue weighted by molar-refractivity contribution is -0.136. The van der Waals surface area contributed by atoms with Crippen molar-refractivity contribution in [3.8, 4) is 11.8 Å². The lowest BCUT2D eigenvalue weighted by Gasteiger charge is -2.37. The zero-order valence-corrected chi connectivity index (χ0v) is 24.8. The molecule has 3 aliphatic rings. The second-order valence-corrected chi connectivity index (χ2v) is 12.2. The summed E-state index contributed by atoms with van der Waals surface area (Å²) in [7, 11) is 1.75. The van der Waals surface area contributed by atoms with E-state index < -0.39 is 17.6 Å². The number of imide groups is 1. The van der Waals surface area contributed by atoms with E-state index in [1.807, 2.05) is 37.8 Å². The minimum atomic E-state index is -0.635.